The van der Waals surface area contributed by atoms with Crippen molar-refractivity contribution in [1.82, 2.24) is 10.2 Å². The maximum atomic E-state index is 12.9. The van der Waals surface area contributed by atoms with Crippen LogP contribution < -0.4 is 5.32 Å². The fourth-order valence-electron chi connectivity index (χ4n) is 3.35. The third-order valence-corrected chi connectivity index (χ3v) is 4.76. The zero-order chi connectivity index (χ0) is 21.8. The van der Waals surface area contributed by atoms with Gasteiger partial charge in [0.15, 0.2) is 0 Å². The Morgan fingerprint density at radius 2 is 1.90 bits per heavy atom. The molecule has 2 amide bonds. The van der Waals surface area contributed by atoms with Crippen molar-refractivity contribution in [3.8, 4) is 0 Å². The maximum absolute atomic E-state index is 12.9. The van der Waals surface area contributed by atoms with Gasteiger partial charge in [0, 0.05) is 17.8 Å². The van der Waals surface area contributed by atoms with Crippen molar-refractivity contribution in [3.05, 3.63) is 87.1 Å². The molecule has 1 aliphatic rings. The zero-order valence-corrected chi connectivity index (χ0v) is 17.0. The number of amides is 2. The number of rotatable bonds is 6. The molecule has 1 heterocycles. The Kier molecular flexibility index (Phi) is 6.15. The molecule has 1 aliphatic heterocycles. The number of nitrogens with zero attached hydrogens (tertiary/aromatic N) is 2. The molecular formula is C22H23N3O5. The summed E-state index contributed by atoms with van der Waals surface area (Å²) in [4.78, 5) is 38.0. The molecule has 0 fully saturated rings. The number of nitro benzene ring substituents is 1. The summed E-state index contributed by atoms with van der Waals surface area (Å²) < 4.78 is 5.41. The van der Waals surface area contributed by atoms with Crippen molar-refractivity contribution in [1.29, 1.82) is 0 Å². The van der Waals surface area contributed by atoms with Gasteiger partial charge in [0.1, 0.15) is 0 Å². The van der Waals surface area contributed by atoms with Crippen LogP contribution in [-0.2, 0) is 16.1 Å². The van der Waals surface area contributed by atoms with Gasteiger partial charge in [0.05, 0.1) is 29.2 Å². The van der Waals surface area contributed by atoms with Crippen LogP contribution >= 0.6 is 0 Å². The van der Waals surface area contributed by atoms with Gasteiger partial charge >= 0.3 is 12.0 Å². The summed E-state index contributed by atoms with van der Waals surface area (Å²) in [6.07, 6.45) is -0.358. The van der Waals surface area contributed by atoms with E-state index in [9.17, 15) is 19.7 Å². The van der Waals surface area contributed by atoms with E-state index in [4.69, 9.17) is 4.74 Å². The highest BCUT2D eigenvalue weighted by molar-refractivity contribution is 5.95. The standard InChI is InChI=1S/C22H23N3O5/c1-14(2)30-21(26)19-15(3)24(13-16-8-5-4-6-9-16)22(27)23-20(19)17-10-7-11-18(12-17)25(28)29/h4-12,14,20H,13H2,1-3H3,(H,23,27)/t20-/m1/s1. The largest absolute Gasteiger partial charge is 0.459 e. The van der Waals surface area contributed by atoms with E-state index in [0.29, 0.717) is 11.3 Å². The topological polar surface area (TPSA) is 102 Å². The van der Waals surface area contributed by atoms with Gasteiger partial charge in [-0.15, -0.1) is 0 Å². The summed E-state index contributed by atoms with van der Waals surface area (Å²) in [5.41, 5.74) is 1.91. The van der Waals surface area contributed by atoms with Crippen molar-refractivity contribution in [2.75, 3.05) is 0 Å². The van der Waals surface area contributed by atoms with Gasteiger partial charge in [-0.3, -0.25) is 15.0 Å². The van der Waals surface area contributed by atoms with Crippen molar-refractivity contribution >= 4 is 17.7 Å². The van der Waals surface area contributed by atoms with Gasteiger partial charge in [-0.05, 0) is 31.9 Å². The fourth-order valence-corrected chi connectivity index (χ4v) is 3.35. The van der Waals surface area contributed by atoms with E-state index < -0.39 is 23.0 Å². The molecule has 1 N–H and O–H groups in total. The number of hydrogen-bond acceptors (Lipinski definition) is 5. The minimum Gasteiger partial charge on any atom is -0.459 e. The smallest absolute Gasteiger partial charge is 0.338 e. The molecule has 1 atom stereocenters. The molecule has 2 aromatic rings. The number of non-ortho nitro benzene ring substituents is 1. The number of esters is 1. The first-order chi connectivity index (χ1) is 14.3. The van der Waals surface area contributed by atoms with Crippen LogP contribution in [0.2, 0.25) is 0 Å². The summed E-state index contributed by atoms with van der Waals surface area (Å²) in [5, 5.41) is 14.0. The molecule has 3 rings (SSSR count). The summed E-state index contributed by atoms with van der Waals surface area (Å²) >= 11 is 0. The average Bonchev–Trinajstić information content (AvgIpc) is 2.71. The second kappa shape index (κ2) is 8.77. The molecule has 0 aromatic heterocycles. The Morgan fingerprint density at radius 3 is 2.53 bits per heavy atom. The normalized spacial score (nSPS) is 16.5. The molecule has 0 aliphatic carbocycles. The van der Waals surface area contributed by atoms with E-state index in [1.807, 2.05) is 30.3 Å². The highest BCUT2D eigenvalue weighted by Gasteiger charge is 2.37. The molecule has 0 saturated carbocycles. The Morgan fingerprint density at radius 1 is 1.20 bits per heavy atom. The van der Waals surface area contributed by atoms with E-state index in [2.05, 4.69) is 5.32 Å². The predicted octanol–water partition coefficient (Wildman–Crippen LogP) is 4.09. The Balaban J connectivity index is 2.06. The number of carbonyl (C=O) groups is 2. The molecule has 0 saturated heterocycles. The first kappa shape index (κ1) is 21.0. The number of urea groups is 1. The van der Waals surface area contributed by atoms with Crippen molar-refractivity contribution < 1.29 is 19.2 Å². The lowest BCUT2D eigenvalue weighted by Crippen LogP contribution is -2.47. The first-order valence-electron chi connectivity index (χ1n) is 9.56. The van der Waals surface area contributed by atoms with E-state index >= 15 is 0 Å². The second-order valence-corrected chi connectivity index (χ2v) is 7.26. The van der Waals surface area contributed by atoms with Crippen molar-refractivity contribution in [3.63, 3.8) is 0 Å². The van der Waals surface area contributed by atoms with Crippen LogP contribution in [0.5, 0.6) is 0 Å². The Labute approximate surface area is 174 Å². The summed E-state index contributed by atoms with van der Waals surface area (Å²) in [6.45, 7) is 5.43. The minimum atomic E-state index is -0.851. The van der Waals surface area contributed by atoms with Crippen LogP contribution in [0.3, 0.4) is 0 Å². The van der Waals surface area contributed by atoms with Gasteiger partial charge in [-0.2, -0.15) is 0 Å². The molecule has 156 valence electrons. The van der Waals surface area contributed by atoms with Crippen LogP contribution in [0.1, 0.15) is 37.9 Å². The number of allylic oxidation sites excluding steroid dienone is 1. The lowest BCUT2D eigenvalue weighted by Gasteiger charge is -2.35. The summed E-state index contributed by atoms with van der Waals surface area (Å²) in [7, 11) is 0. The number of ether oxygens (including phenoxy) is 1. The molecule has 0 unspecified atom stereocenters. The SMILES string of the molecule is CC1=C(C(=O)OC(C)C)[C@@H](c2cccc([N+](=O)[O-])c2)NC(=O)N1Cc1ccccc1. The van der Waals surface area contributed by atoms with Gasteiger partial charge in [0.25, 0.3) is 5.69 Å². The third kappa shape index (κ3) is 4.48. The van der Waals surface area contributed by atoms with Gasteiger partial charge in [0.2, 0.25) is 0 Å². The predicted molar refractivity (Wildman–Crippen MR) is 110 cm³/mol. The molecule has 8 nitrogen and oxygen atoms in total. The second-order valence-electron chi connectivity index (χ2n) is 7.26. The average molecular weight is 409 g/mol. The Hall–Kier alpha value is -3.68. The number of carbonyl (C=O) groups excluding carboxylic acids is 2. The first-order valence-corrected chi connectivity index (χ1v) is 9.56. The number of benzene rings is 2. The van der Waals surface area contributed by atoms with Crippen LogP contribution in [0.25, 0.3) is 0 Å². The molecule has 0 spiro atoms. The summed E-state index contributed by atoms with van der Waals surface area (Å²) in [6, 6.07) is 14.0. The van der Waals surface area contributed by atoms with Crippen molar-refractivity contribution in [2.45, 2.75) is 39.5 Å². The number of nitrogens with one attached hydrogen (secondary N) is 1. The maximum Gasteiger partial charge on any atom is 0.338 e. The Bertz CT molecular complexity index is 1000. The summed E-state index contributed by atoms with van der Waals surface area (Å²) in [5.74, 6) is -0.572. The van der Waals surface area contributed by atoms with Crippen LogP contribution in [0, 0.1) is 10.1 Å². The molecule has 30 heavy (non-hydrogen) atoms. The van der Waals surface area contributed by atoms with E-state index in [1.165, 1.54) is 23.1 Å². The highest BCUT2D eigenvalue weighted by atomic mass is 16.6. The van der Waals surface area contributed by atoms with Crippen molar-refractivity contribution in [2.24, 2.45) is 0 Å². The van der Waals surface area contributed by atoms with Gasteiger partial charge in [-0.25, -0.2) is 9.59 Å². The molecule has 2 aromatic carbocycles. The van der Waals surface area contributed by atoms with E-state index in [-0.39, 0.29) is 23.9 Å². The van der Waals surface area contributed by atoms with Crippen LogP contribution in [-0.4, -0.2) is 27.9 Å². The van der Waals surface area contributed by atoms with Crippen LogP contribution in [0.15, 0.2) is 65.9 Å². The third-order valence-electron chi connectivity index (χ3n) is 4.76. The van der Waals surface area contributed by atoms with E-state index in [1.54, 1.807) is 26.8 Å². The zero-order valence-electron chi connectivity index (χ0n) is 17.0. The quantitative estimate of drug-likeness (QED) is 0.440. The molecular weight excluding hydrogens is 386 g/mol. The highest BCUT2D eigenvalue weighted by Crippen LogP contribution is 2.33. The van der Waals surface area contributed by atoms with Gasteiger partial charge in [-0.1, -0.05) is 42.5 Å². The van der Waals surface area contributed by atoms with Crippen LogP contribution in [0.4, 0.5) is 10.5 Å². The molecule has 0 radical (unpaired) electrons. The molecule has 0 bridgehead atoms. The lowest BCUT2D eigenvalue weighted by molar-refractivity contribution is -0.384. The number of nitro groups is 1. The monoisotopic (exact) mass is 409 g/mol. The number of hydrogen-bond donors (Lipinski definition) is 1. The molecule has 8 heteroatoms. The minimum absolute atomic E-state index is 0.123. The fraction of sp³-hybridized carbons (Fsp3) is 0.273. The lowest BCUT2D eigenvalue weighted by atomic mass is 9.94. The van der Waals surface area contributed by atoms with E-state index in [0.717, 1.165) is 5.56 Å². The van der Waals surface area contributed by atoms with Gasteiger partial charge < -0.3 is 10.1 Å².